The fourth-order valence-electron chi connectivity index (χ4n) is 0.376. The molecule has 1 aromatic rings. The number of pyridine rings is 1. The average Bonchev–Trinajstić information content (AvgIpc) is 1.69. The standard InChI is InChI=1S/C5H6N2.Cu/c6-5-3-1-2-4-7-5;/h1-4H,(H2,6,7);. The zero-order valence-electron chi connectivity index (χ0n) is 4.14. The van der Waals surface area contributed by atoms with Crippen LogP contribution >= 0.6 is 0 Å². The van der Waals surface area contributed by atoms with Gasteiger partial charge in [0.2, 0.25) is 0 Å². The third-order valence-electron chi connectivity index (χ3n) is 0.688. The average molecular weight is 158 g/mol. The zero-order valence-corrected chi connectivity index (χ0v) is 5.08. The van der Waals surface area contributed by atoms with Crippen molar-refractivity contribution in [2.45, 2.75) is 0 Å². The molecule has 0 saturated carbocycles. The molecule has 1 heterocycles. The number of nitrogen functional groups attached to an aromatic ring is 1. The van der Waals surface area contributed by atoms with Crippen LogP contribution in [-0.4, -0.2) is 4.98 Å². The van der Waals surface area contributed by atoms with E-state index < -0.39 is 0 Å². The zero-order chi connectivity index (χ0) is 5.11. The van der Waals surface area contributed by atoms with Crippen LogP contribution < -0.4 is 5.73 Å². The van der Waals surface area contributed by atoms with Crippen molar-refractivity contribution in [2.24, 2.45) is 0 Å². The number of nitrogens with two attached hydrogens (primary N) is 1. The molecule has 3 heteroatoms. The molecule has 0 aliphatic carbocycles. The number of rotatable bonds is 0. The number of aromatic nitrogens is 1. The third kappa shape index (κ3) is 1.96. The second-order valence-electron chi connectivity index (χ2n) is 1.25. The van der Waals surface area contributed by atoms with E-state index in [2.05, 4.69) is 4.98 Å². The van der Waals surface area contributed by atoms with Gasteiger partial charge in [0.25, 0.3) is 0 Å². The summed E-state index contributed by atoms with van der Waals surface area (Å²) in [5, 5.41) is 0. The van der Waals surface area contributed by atoms with Crippen molar-refractivity contribution >= 4 is 5.82 Å². The first-order valence-corrected chi connectivity index (χ1v) is 2.06. The van der Waals surface area contributed by atoms with E-state index in [1.807, 2.05) is 12.1 Å². The minimum atomic E-state index is 0. The third-order valence-corrected chi connectivity index (χ3v) is 0.688. The molecule has 0 saturated heterocycles. The van der Waals surface area contributed by atoms with Gasteiger partial charge in [0, 0.05) is 23.3 Å². The largest absolute Gasteiger partial charge is 0.384 e. The monoisotopic (exact) mass is 157 g/mol. The van der Waals surface area contributed by atoms with Crippen LogP contribution in [0.5, 0.6) is 0 Å². The van der Waals surface area contributed by atoms with E-state index in [1.54, 1.807) is 12.3 Å². The van der Waals surface area contributed by atoms with Crippen molar-refractivity contribution in [3.63, 3.8) is 0 Å². The molecule has 0 bridgehead atoms. The first-order valence-electron chi connectivity index (χ1n) is 2.06. The predicted molar refractivity (Wildman–Crippen MR) is 28.6 cm³/mol. The van der Waals surface area contributed by atoms with Crippen LogP contribution in [0.3, 0.4) is 0 Å². The van der Waals surface area contributed by atoms with Gasteiger partial charge in [-0.25, -0.2) is 4.98 Å². The molecule has 0 aliphatic rings. The molecule has 0 fully saturated rings. The molecule has 0 aliphatic heterocycles. The Hall–Kier alpha value is -0.531. The maximum atomic E-state index is 5.25. The quantitative estimate of drug-likeness (QED) is 0.562. The Morgan fingerprint density at radius 1 is 1.38 bits per heavy atom. The Morgan fingerprint density at radius 2 is 2.12 bits per heavy atom. The van der Waals surface area contributed by atoms with Crippen molar-refractivity contribution in [2.75, 3.05) is 5.73 Å². The summed E-state index contributed by atoms with van der Waals surface area (Å²) in [6, 6.07) is 5.43. The van der Waals surface area contributed by atoms with E-state index in [-0.39, 0.29) is 17.1 Å². The van der Waals surface area contributed by atoms with E-state index in [0.29, 0.717) is 5.82 Å². The summed E-state index contributed by atoms with van der Waals surface area (Å²) in [5.41, 5.74) is 5.25. The first kappa shape index (κ1) is 7.47. The molecular weight excluding hydrogens is 152 g/mol. The van der Waals surface area contributed by atoms with Crippen LogP contribution in [-0.2, 0) is 17.1 Å². The molecule has 0 unspecified atom stereocenters. The predicted octanol–water partition coefficient (Wildman–Crippen LogP) is 0.661. The summed E-state index contributed by atoms with van der Waals surface area (Å²) in [4.78, 5) is 3.76. The summed E-state index contributed by atoms with van der Waals surface area (Å²) in [7, 11) is 0. The number of hydrogen-bond donors (Lipinski definition) is 1. The van der Waals surface area contributed by atoms with Crippen molar-refractivity contribution in [3.05, 3.63) is 24.4 Å². The van der Waals surface area contributed by atoms with E-state index in [9.17, 15) is 0 Å². The molecule has 0 aromatic carbocycles. The van der Waals surface area contributed by atoms with Gasteiger partial charge in [0.1, 0.15) is 5.82 Å². The number of hydrogen-bond acceptors (Lipinski definition) is 2. The molecule has 0 atom stereocenters. The SMILES string of the molecule is Nc1ccccn1.[Cu]. The van der Waals surface area contributed by atoms with Crippen LogP contribution in [0.15, 0.2) is 24.4 Å². The molecule has 2 nitrogen and oxygen atoms in total. The van der Waals surface area contributed by atoms with E-state index in [1.165, 1.54) is 0 Å². The molecule has 1 radical (unpaired) electrons. The van der Waals surface area contributed by atoms with Gasteiger partial charge in [-0.1, -0.05) is 6.07 Å². The van der Waals surface area contributed by atoms with E-state index >= 15 is 0 Å². The fourth-order valence-corrected chi connectivity index (χ4v) is 0.376. The van der Waals surface area contributed by atoms with Crippen molar-refractivity contribution in [3.8, 4) is 0 Å². The van der Waals surface area contributed by atoms with Crippen molar-refractivity contribution in [1.29, 1.82) is 0 Å². The summed E-state index contributed by atoms with van der Waals surface area (Å²) in [6.45, 7) is 0. The minimum absolute atomic E-state index is 0. The van der Waals surface area contributed by atoms with Crippen molar-refractivity contribution in [1.82, 2.24) is 4.98 Å². The molecule has 1 aromatic heterocycles. The van der Waals surface area contributed by atoms with Crippen molar-refractivity contribution < 1.29 is 17.1 Å². The normalized spacial score (nSPS) is 7.50. The van der Waals surface area contributed by atoms with Gasteiger partial charge in [-0.15, -0.1) is 0 Å². The second-order valence-corrected chi connectivity index (χ2v) is 1.25. The van der Waals surface area contributed by atoms with Gasteiger partial charge in [-0.2, -0.15) is 0 Å². The van der Waals surface area contributed by atoms with E-state index in [0.717, 1.165) is 0 Å². The molecule has 0 spiro atoms. The summed E-state index contributed by atoms with van der Waals surface area (Å²) >= 11 is 0. The summed E-state index contributed by atoms with van der Waals surface area (Å²) in [5.74, 6) is 0.572. The Kier molecular flexibility index (Phi) is 3.24. The topological polar surface area (TPSA) is 38.9 Å². The summed E-state index contributed by atoms with van der Waals surface area (Å²) in [6.07, 6.45) is 1.66. The van der Waals surface area contributed by atoms with Crippen LogP contribution in [0, 0.1) is 0 Å². The van der Waals surface area contributed by atoms with Gasteiger partial charge in [-0.05, 0) is 12.1 Å². The first-order chi connectivity index (χ1) is 3.39. The molecule has 2 N–H and O–H groups in total. The molecule has 0 amide bonds. The van der Waals surface area contributed by atoms with Crippen LogP contribution in [0.4, 0.5) is 5.82 Å². The van der Waals surface area contributed by atoms with Gasteiger partial charge in [0.15, 0.2) is 0 Å². The maximum absolute atomic E-state index is 5.25. The maximum Gasteiger partial charge on any atom is 0.123 e. The van der Waals surface area contributed by atoms with Gasteiger partial charge in [-0.3, -0.25) is 0 Å². The van der Waals surface area contributed by atoms with Crippen LogP contribution in [0.2, 0.25) is 0 Å². The van der Waals surface area contributed by atoms with Crippen LogP contribution in [0.1, 0.15) is 0 Å². The molecule has 8 heavy (non-hydrogen) atoms. The summed E-state index contributed by atoms with van der Waals surface area (Å²) < 4.78 is 0. The number of anilines is 1. The Bertz CT molecular complexity index is 140. The fraction of sp³-hybridized carbons (Fsp3) is 0. The smallest absolute Gasteiger partial charge is 0.123 e. The Labute approximate surface area is 58.6 Å². The van der Waals surface area contributed by atoms with Crippen LogP contribution in [0.25, 0.3) is 0 Å². The number of nitrogens with zero attached hydrogens (tertiary/aromatic N) is 1. The molecule has 47 valence electrons. The minimum Gasteiger partial charge on any atom is -0.384 e. The van der Waals surface area contributed by atoms with Gasteiger partial charge >= 0.3 is 0 Å². The van der Waals surface area contributed by atoms with Gasteiger partial charge < -0.3 is 5.73 Å². The molecule has 1 rings (SSSR count). The Balaban J connectivity index is 0.000000490. The second kappa shape index (κ2) is 3.47. The van der Waals surface area contributed by atoms with Gasteiger partial charge in [0.05, 0.1) is 0 Å². The molecular formula is C5H6CuN2. The Morgan fingerprint density at radius 3 is 2.38 bits per heavy atom. The van der Waals surface area contributed by atoms with E-state index in [4.69, 9.17) is 5.73 Å².